The molecule has 1 atom stereocenters. The van der Waals surface area contributed by atoms with Gasteiger partial charge < -0.3 is 10.4 Å². The Morgan fingerprint density at radius 2 is 2.21 bits per heavy atom. The van der Waals surface area contributed by atoms with Crippen molar-refractivity contribution in [3.63, 3.8) is 0 Å². The number of non-ortho nitro benzene ring substituents is 1. The summed E-state index contributed by atoms with van der Waals surface area (Å²) < 4.78 is 4.58. The number of aliphatic hydroxyl groups is 1. The lowest BCUT2D eigenvalue weighted by molar-refractivity contribution is -0.383. The van der Waals surface area contributed by atoms with Gasteiger partial charge in [-0.2, -0.15) is 0 Å². The van der Waals surface area contributed by atoms with E-state index in [0.29, 0.717) is 17.6 Å². The predicted octanol–water partition coefficient (Wildman–Crippen LogP) is 1.70. The third-order valence-electron chi connectivity index (χ3n) is 2.92. The van der Waals surface area contributed by atoms with Crippen LogP contribution in [-0.4, -0.2) is 33.0 Å². The van der Waals surface area contributed by atoms with Gasteiger partial charge in [-0.25, -0.2) is 4.63 Å². The molecule has 2 rings (SSSR count). The normalized spacial score (nSPS) is 12.5. The van der Waals surface area contributed by atoms with Gasteiger partial charge in [-0.05, 0) is 29.2 Å². The van der Waals surface area contributed by atoms with Crippen LogP contribution in [0.4, 0.5) is 11.4 Å². The number of nitrogens with zero attached hydrogens (tertiary/aromatic N) is 3. The molecule has 2 aromatic rings. The maximum atomic E-state index is 10.8. The minimum Gasteiger partial charge on any atom is -0.396 e. The van der Waals surface area contributed by atoms with Crippen molar-refractivity contribution in [3.8, 4) is 0 Å². The maximum absolute atomic E-state index is 10.8. The highest BCUT2D eigenvalue weighted by Gasteiger charge is 2.20. The highest BCUT2D eigenvalue weighted by atomic mass is 16.6. The van der Waals surface area contributed by atoms with Gasteiger partial charge in [0.05, 0.1) is 10.6 Å². The van der Waals surface area contributed by atoms with Crippen LogP contribution in [-0.2, 0) is 0 Å². The minimum absolute atomic E-state index is 0.0614. The summed E-state index contributed by atoms with van der Waals surface area (Å²) in [5.41, 5.74) is 0.915. The second-order valence-corrected chi connectivity index (χ2v) is 4.11. The molecule has 1 aromatic carbocycles. The molecule has 1 heterocycles. The Morgan fingerprint density at radius 1 is 1.47 bits per heavy atom. The molecule has 0 aliphatic carbocycles. The summed E-state index contributed by atoms with van der Waals surface area (Å²) >= 11 is 0. The molecular formula is C11H14N4O4. The number of nitro benzene ring substituents is 1. The molecule has 0 bridgehead atoms. The van der Waals surface area contributed by atoms with Crippen molar-refractivity contribution in [3.05, 3.63) is 22.2 Å². The van der Waals surface area contributed by atoms with Gasteiger partial charge in [0, 0.05) is 18.7 Å². The zero-order valence-corrected chi connectivity index (χ0v) is 10.4. The van der Waals surface area contributed by atoms with Gasteiger partial charge in [0.25, 0.3) is 0 Å². The smallest absolute Gasteiger partial charge is 0.300 e. The fraction of sp³-hybridized carbons (Fsp3) is 0.455. The number of rotatable bonds is 6. The van der Waals surface area contributed by atoms with Gasteiger partial charge in [-0.15, -0.1) is 0 Å². The van der Waals surface area contributed by atoms with Crippen molar-refractivity contribution < 1.29 is 14.7 Å². The Kier molecular flexibility index (Phi) is 3.91. The van der Waals surface area contributed by atoms with Crippen LogP contribution in [0.25, 0.3) is 11.0 Å². The molecule has 2 N–H and O–H groups in total. The number of fused-ring (bicyclic) bond motifs is 1. The lowest BCUT2D eigenvalue weighted by Crippen LogP contribution is -2.20. The first kappa shape index (κ1) is 13.2. The van der Waals surface area contributed by atoms with Gasteiger partial charge in [0.2, 0.25) is 5.52 Å². The number of benzene rings is 1. The first-order valence-corrected chi connectivity index (χ1v) is 5.94. The lowest BCUT2D eigenvalue weighted by atomic mass is 10.1. The van der Waals surface area contributed by atoms with E-state index in [2.05, 4.69) is 20.3 Å². The summed E-state index contributed by atoms with van der Waals surface area (Å²) in [5.74, 6) is 0. The Bertz CT molecular complexity index is 583. The van der Waals surface area contributed by atoms with E-state index in [-0.39, 0.29) is 23.9 Å². The number of nitrogens with one attached hydrogen (secondary N) is 1. The van der Waals surface area contributed by atoms with Crippen molar-refractivity contribution >= 4 is 22.4 Å². The molecule has 0 saturated heterocycles. The molecule has 0 saturated carbocycles. The van der Waals surface area contributed by atoms with Crippen molar-refractivity contribution in [2.45, 2.75) is 25.8 Å². The van der Waals surface area contributed by atoms with Crippen molar-refractivity contribution in [1.29, 1.82) is 0 Å². The highest BCUT2D eigenvalue weighted by molar-refractivity contribution is 5.93. The lowest BCUT2D eigenvalue weighted by Gasteiger charge is -2.16. The third kappa shape index (κ3) is 2.63. The molecule has 8 nitrogen and oxygen atoms in total. The summed E-state index contributed by atoms with van der Waals surface area (Å²) in [6.45, 7) is 2.05. The van der Waals surface area contributed by atoms with E-state index >= 15 is 0 Å². The van der Waals surface area contributed by atoms with Gasteiger partial charge in [0.15, 0.2) is 5.52 Å². The van der Waals surface area contributed by atoms with E-state index in [1.807, 2.05) is 6.92 Å². The van der Waals surface area contributed by atoms with Gasteiger partial charge in [-0.1, -0.05) is 6.92 Å². The predicted molar refractivity (Wildman–Crippen MR) is 67.9 cm³/mol. The van der Waals surface area contributed by atoms with Crippen LogP contribution in [0.1, 0.15) is 19.8 Å². The summed E-state index contributed by atoms with van der Waals surface area (Å²) in [7, 11) is 0. The van der Waals surface area contributed by atoms with E-state index in [4.69, 9.17) is 5.11 Å². The number of aliphatic hydroxyl groups excluding tert-OH is 1. The first-order valence-electron chi connectivity index (χ1n) is 5.94. The summed E-state index contributed by atoms with van der Waals surface area (Å²) in [6.07, 6.45) is 1.39. The van der Waals surface area contributed by atoms with E-state index in [9.17, 15) is 10.1 Å². The molecule has 0 amide bonds. The number of aromatic nitrogens is 2. The maximum Gasteiger partial charge on any atom is 0.300 e. The Morgan fingerprint density at radius 3 is 2.84 bits per heavy atom. The molecule has 0 aliphatic rings. The van der Waals surface area contributed by atoms with Gasteiger partial charge in [0.1, 0.15) is 0 Å². The zero-order valence-electron chi connectivity index (χ0n) is 10.4. The monoisotopic (exact) mass is 266 g/mol. The molecule has 0 spiro atoms. The SMILES string of the molecule is CCC(CCO)Nc1ccc([N+](=O)[O-])c2nonc12. The molecule has 0 fully saturated rings. The van der Waals surface area contributed by atoms with Crippen LogP contribution < -0.4 is 5.32 Å². The molecule has 19 heavy (non-hydrogen) atoms. The summed E-state index contributed by atoms with van der Waals surface area (Å²) in [6, 6.07) is 3.00. The number of hydrogen-bond acceptors (Lipinski definition) is 7. The minimum atomic E-state index is -0.526. The van der Waals surface area contributed by atoms with E-state index in [0.717, 1.165) is 6.42 Å². The van der Waals surface area contributed by atoms with Crippen molar-refractivity contribution in [2.75, 3.05) is 11.9 Å². The standard InChI is InChI=1S/C11H14N4O4/c1-2-7(5-6-16)12-8-3-4-9(15(17)18)11-10(8)13-19-14-11/h3-4,7,12,16H,2,5-6H2,1H3. The van der Waals surface area contributed by atoms with Gasteiger partial charge in [-0.3, -0.25) is 10.1 Å². The molecule has 8 heteroatoms. The van der Waals surface area contributed by atoms with E-state index in [1.54, 1.807) is 6.07 Å². The van der Waals surface area contributed by atoms with Crippen molar-refractivity contribution in [2.24, 2.45) is 0 Å². The average molecular weight is 266 g/mol. The van der Waals surface area contributed by atoms with Crippen molar-refractivity contribution in [1.82, 2.24) is 10.3 Å². The molecule has 1 unspecified atom stereocenters. The van der Waals surface area contributed by atoms with Crippen LogP contribution in [0.5, 0.6) is 0 Å². The highest BCUT2D eigenvalue weighted by Crippen LogP contribution is 2.29. The van der Waals surface area contributed by atoms with Crippen LogP contribution >= 0.6 is 0 Å². The number of hydrogen-bond donors (Lipinski definition) is 2. The molecule has 102 valence electrons. The van der Waals surface area contributed by atoms with Crippen LogP contribution in [0.2, 0.25) is 0 Å². The first-order chi connectivity index (χ1) is 9.17. The van der Waals surface area contributed by atoms with Crippen LogP contribution in [0.15, 0.2) is 16.8 Å². The number of anilines is 1. The molecule has 1 aromatic heterocycles. The summed E-state index contributed by atoms with van der Waals surface area (Å²) in [5, 5.41) is 30.2. The van der Waals surface area contributed by atoms with Crippen LogP contribution in [0, 0.1) is 10.1 Å². The topological polar surface area (TPSA) is 114 Å². The molecule has 0 aliphatic heterocycles. The number of nitro groups is 1. The Hall–Kier alpha value is -2.22. The second kappa shape index (κ2) is 5.61. The van der Waals surface area contributed by atoms with Gasteiger partial charge >= 0.3 is 5.69 Å². The largest absolute Gasteiger partial charge is 0.396 e. The van der Waals surface area contributed by atoms with E-state index < -0.39 is 4.92 Å². The van der Waals surface area contributed by atoms with E-state index in [1.165, 1.54) is 6.07 Å². The third-order valence-corrected chi connectivity index (χ3v) is 2.92. The summed E-state index contributed by atoms with van der Waals surface area (Å²) in [4.78, 5) is 10.3. The Balaban J connectivity index is 2.37. The quantitative estimate of drug-likeness (QED) is 0.604. The zero-order chi connectivity index (χ0) is 13.8. The van der Waals surface area contributed by atoms with Crippen LogP contribution in [0.3, 0.4) is 0 Å². The Labute approximate surface area is 108 Å². The molecule has 0 radical (unpaired) electrons. The average Bonchev–Trinajstić information content (AvgIpc) is 2.87. The fourth-order valence-electron chi connectivity index (χ4n) is 1.87. The second-order valence-electron chi connectivity index (χ2n) is 4.11. The fourth-order valence-corrected chi connectivity index (χ4v) is 1.87. The molecular weight excluding hydrogens is 252 g/mol.